The van der Waals surface area contributed by atoms with E-state index in [1.165, 1.54) is 12.1 Å². The molecule has 10 heteroatoms. The molecule has 1 aromatic rings. The van der Waals surface area contributed by atoms with Gasteiger partial charge in [0.25, 0.3) is 11.4 Å². The number of anilines is 1. The van der Waals surface area contributed by atoms with Gasteiger partial charge in [0, 0.05) is 19.2 Å². The summed E-state index contributed by atoms with van der Waals surface area (Å²) in [5.41, 5.74) is -0.492. The molecule has 0 aliphatic rings. The van der Waals surface area contributed by atoms with Crippen molar-refractivity contribution in [3.63, 3.8) is 0 Å². The molecule has 19 heavy (non-hydrogen) atoms. The highest BCUT2D eigenvalue weighted by Gasteiger charge is 2.18. The van der Waals surface area contributed by atoms with Crippen molar-refractivity contribution < 1.29 is 14.9 Å². The Bertz CT molecular complexity index is 482. The van der Waals surface area contributed by atoms with Gasteiger partial charge in [0.15, 0.2) is 0 Å². The molecule has 0 saturated heterocycles. The summed E-state index contributed by atoms with van der Waals surface area (Å²) in [5.74, 6) is 0. The van der Waals surface area contributed by atoms with Crippen molar-refractivity contribution in [3.05, 3.63) is 38.4 Å². The van der Waals surface area contributed by atoms with Gasteiger partial charge < -0.3 is 15.6 Å². The molecule has 0 aromatic heterocycles. The lowest BCUT2D eigenvalue weighted by molar-refractivity contribution is -0.393. The van der Waals surface area contributed by atoms with Gasteiger partial charge in [0.05, 0.1) is 15.9 Å². The largest absolute Gasteiger partial charge is 0.437 e. The summed E-state index contributed by atoms with van der Waals surface area (Å²) >= 11 is 0. The first-order valence-corrected chi connectivity index (χ1v) is 5.50. The minimum atomic E-state index is -0.689. The number of hydrogen-bond acceptors (Lipinski definition) is 7. The second kappa shape index (κ2) is 6.66. The minimum absolute atomic E-state index is 0.197. The molecule has 0 saturated carbocycles. The predicted molar refractivity (Wildman–Crippen MR) is 70.1 cm³/mol. The maximum atomic E-state index is 10.8. The van der Waals surface area contributed by atoms with Crippen LogP contribution < -0.4 is 10.5 Å². The van der Waals surface area contributed by atoms with E-state index in [1.54, 1.807) is 6.82 Å². The second-order valence-corrected chi connectivity index (χ2v) is 3.77. The van der Waals surface area contributed by atoms with Crippen LogP contribution in [-0.4, -0.2) is 35.0 Å². The summed E-state index contributed by atoms with van der Waals surface area (Å²) in [7, 11) is -0.673. The van der Waals surface area contributed by atoms with Crippen LogP contribution in [0.2, 0.25) is 6.82 Å². The number of nitro groups is 2. The fourth-order valence-electron chi connectivity index (χ4n) is 1.41. The Morgan fingerprint density at radius 3 is 2.47 bits per heavy atom. The van der Waals surface area contributed by atoms with Gasteiger partial charge in [-0.25, -0.2) is 0 Å². The number of nitrogens with zero attached hydrogens (tertiary/aromatic N) is 2. The van der Waals surface area contributed by atoms with Gasteiger partial charge in [0.1, 0.15) is 5.69 Å². The Morgan fingerprint density at radius 2 is 1.95 bits per heavy atom. The molecule has 102 valence electrons. The van der Waals surface area contributed by atoms with E-state index >= 15 is 0 Å². The fraction of sp³-hybridized carbons (Fsp3) is 0.333. The van der Waals surface area contributed by atoms with Gasteiger partial charge in [-0.15, -0.1) is 0 Å². The molecule has 0 atom stereocenters. The van der Waals surface area contributed by atoms with Crippen molar-refractivity contribution in [3.8, 4) is 0 Å². The zero-order chi connectivity index (χ0) is 14.4. The third kappa shape index (κ3) is 4.52. The van der Waals surface area contributed by atoms with E-state index in [9.17, 15) is 20.2 Å². The average Bonchev–Trinajstić information content (AvgIpc) is 2.34. The van der Waals surface area contributed by atoms with Gasteiger partial charge in [-0.3, -0.25) is 20.2 Å². The Balaban J connectivity index is 2.77. The molecule has 0 spiro atoms. The molecule has 1 rings (SSSR count). The highest BCUT2D eigenvalue weighted by Crippen LogP contribution is 2.28. The SMILES string of the molecule is CB(O)NCCNc1ccc([N+](=O)[O-])cc1[N+](=O)[O-]. The normalized spacial score (nSPS) is 10.0. The van der Waals surface area contributed by atoms with Gasteiger partial charge in [0.2, 0.25) is 0 Å². The number of hydrogen-bond donors (Lipinski definition) is 3. The number of nitrogens with one attached hydrogen (secondary N) is 2. The highest BCUT2D eigenvalue weighted by atomic mass is 16.6. The molecule has 0 aliphatic heterocycles. The quantitative estimate of drug-likeness (QED) is 0.286. The van der Waals surface area contributed by atoms with E-state index < -0.39 is 16.9 Å². The van der Waals surface area contributed by atoms with Crippen molar-refractivity contribution >= 4 is 24.1 Å². The Hall–Kier alpha value is -2.20. The Labute approximate surface area is 109 Å². The monoisotopic (exact) mass is 268 g/mol. The van der Waals surface area contributed by atoms with E-state index in [0.29, 0.717) is 13.1 Å². The number of non-ortho nitro benzene ring substituents is 1. The van der Waals surface area contributed by atoms with Gasteiger partial charge >= 0.3 is 7.05 Å². The van der Waals surface area contributed by atoms with Crippen molar-refractivity contribution in [2.75, 3.05) is 18.4 Å². The first-order valence-electron chi connectivity index (χ1n) is 5.50. The first kappa shape index (κ1) is 14.9. The summed E-state index contributed by atoms with van der Waals surface area (Å²) < 4.78 is 0. The lowest BCUT2D eigenvalue weighted by atomic mass is 9.89. The van der Waals surface area contributed by atoms with Crippen molar-refractivity contribution in [2.45, 2.75) is 6.82 Å². The minimum Gasteiger partial charge on any atom is -0.437 e. The molecule has 0 fully saturated rings. The topological polar surface area (TPSA) is 131 Å². The number of rotatable bonds is 7. The molecule has 0 amide bonds. The van der Waals surface area contributed by atoms with Gasteiger partial charge in [-0.05, 0) is 12.9 Å². The van der Waals surface area contributed by atoms with Crippen molar-refractivity contribution in [1.29, 1.82) is 0 Å². The summed E-state index contributed by atoms with van der Waals surface area (Å²) in [6.45, 7) is 2.28. The van der Waals surface area contributed by atoms with Crippen LogP contribution in [0.5, 0.6) is 0 Å². The van der Waals surface area contributed by atoms with Gasteiger partial charge in [-0.2, -0.15) is 0 Å². The predicted octanol–water partition coefficient (Wildman–Crippen LogP) is 0.615. The lowest BCUT2D eigenvalue weighted by Gasteiger charge is -2.08. The smallest absolute Gasteiger partial charge is 0.373 e. The molecule has 0 aliphatic carbocycles. The van der Waals surface area contributed by atoms with E-state index in [-0.39, 0.29) is 17.1 Å². The standard InChI is InChI=1S/C9H13BN4O5/c1-10(15)12-5-4-11-8-3-2-7(13(16)17)6-9(8)14(18)19/h2-3,6,11-12,15H,4-5H2,1H3. The summed E-state index contributed by atoms with van der Waals surface area (Å²) in [6, 6.07) is 3.39. The summed E-state index contributed by atoms with van der Waals surface area (Å²) in [6.07, 6.45) is 0. The van der Waals surface area contributed by atoms with Crippen LogP contribution in [-0.2, 0) is 0 Å². The van der Waals surface area contributed by atoms with Crippen LogP contribution >= 0.6 is 0 Å². The second-order valence-electron chi connectivity index (χ2n) is 3.77. The zero-order valence-electron chi connectivity index (χ0n) is 10.2. The molecular formula is C9H13BN4O5. The van der Waals surface area contributed by atoms with Crippen LogP contribution in [0.1, 0.15) is 0 Å². The summed E-state index contributed by atoms with van der Waals surface area (Å²) in [4.78, 5) is 20.0. The van der Waals surface area contributed by atoms with E-state index in [1.807, 2.05) is 0 Å². The first-order chi connectivity index (χ1) is 8.91. The van der Waals surface area contributed by atoms with Crippen LogP contribution in [0.4, 0.5) is 17.1 Å². The lowest BCUT2D eigenvalue weighted by Crippen LogP contribution is -2.34. The van der Waals surface area contributed by atoms with Crippen LogP contribution in [0.25, 0.3) is 0 Å². The molecule has 0 bridgehead atoms. The van der Waals surface area contributed by atoms with Crippen LogP contribution in [0.3, 0.4) is 0 Å². The molecular weight excluding hydrogens is 255 g/mol. The summed E-state index contributed by atoms with van der Waals surface area (Å²) in [5, 5.41) is 35.8. The van der Waals surface area contributed by atoms with E-state index in [2.05, 4.69) is 10.5 Å². The number of nitro benzene ring substituents is 2. The average molecular weight is 268 g/mol. The molecule has 0 radical (unpaired) electrons. The van der Waals surface area contributed by atoms with Crippen molar-refractivity contribution in [1.82, 2.24) is 5.23 Å². The Morgan fingerprint density at radius 1 is 1.26 bits per heavy atom. The van der Waals surface area contributed by atoms with E-state index in [4.69, 9.17) is 5.02 Å². The third-order valence-electron chi connectivity index (χ3n) is 2.27. The highest BCUT2D eigenvalue weighted by molar-refractivity contribution is 6.45. The number of benzene rings is 1. The molecule has 3 N–H and O–H groups in total. The fourth-order valence-corrected chi connectivity index (χ4v) is 1.41. The van der Waals surface area contributed by atoms with Crippen molar-refractivity contribution in [2.24, 2.45) is 0 Å². The third-order valence-corrected chi connectivity index (χ3v) is 2.27. The zero-order valence-corrected chi connectivity index (χ0v) is 10.2. The maximum absolute atomic E-state index is 10.8. The van der Waals surface area contributed by atoms with E-state index in [0.717, 1.165) is 6.07 Å². The molecule has 1 aromatic carbocycles. The van der Waals surface area contributed by atoms with Crippen LogP contribution in [0.15, 0.2) is 18.2 Å². The maximum Gasteiger partial charge on any atom is 0.373 e. The Kier molecular flexibility index (Phi) is 5.21. The van der Waals surface area contributed by atoms with Gasteiger partial charge in [-0.1, -0.05) is 0 Å². The van der Waals surface area contributed by atoms with Crippen LogP contribution in [0, 0.1) is 20.2 Å². The molecule has 0 unspecified atom stereocenters. The molecule has 9 nitrogen and oxygen atoms in total. The molecule has 0 heterocycles.